The topological polar surface area (TPSA) is 49.7 Å². The zero-order chi connectivity index (χ0) is 9.45. The number of hydrogen-bond donors (Lipinski definition) is 2. The van der Waals surface area contributed by atoms with Crippen LogP contribution in [0.4, 0.5) is 0 Å². The number of ether oxygens (including phenoxy) is 1. The van der Waals surface area contributed by atoms with Gasteiger partial charge in [-0.2, -0.15) is 0 Å². The Morgan fingerprint density at radius 1 is 1.50 bits per heavy atom. The minimum atomic E-state index is -0.322. The number of aliphatic hydroxyl groups excluding tert-OH is 2. The first-order valence-electron chi connectivity index (χ1n) is 4.09. The lowest BCUT2D eigenvalue weighted by atomic mass is 9.89. The molecular formula is C9H18O3. The van der Waals surface area contributed by atoms with Gasteiger partial charge in [-0.3, -0.25) is 0 Å². The second-order valence-electron chi connectivity index (χ2n) is 3.25. The monoisotopic (exact) mass is 174 g/mol. The van der Waals surface area contributed by atoms with Crippen LogP contribution in [0.25, 0.3) is 0 Å². The van der Waals surface area contributed by atoms with E-state index in [9.17, 15) is 0 Å². The summed E-state index contributed by atoms with van der Waals surface area (Å²) in [5, 5.41) is 17.7. The molecule has 0 saturated heterocycles. The van der Waals surface area contributed by atoms with Crippen LogP contribution in [0.2, 0.25) is 0 Å². The summed E-state index contributed by atoms with van der Waals surface area (Å²) in [4.78, 5) is 0. The molecule has 72 valence electrons. The van der Waals surface area contributed by atoms with E-state index in [0.717, 1.165) is 0 Å². The molecule has 0 rings (SSSR count). The van der Waals surface area contributed by atoms with Gasteiger partial charge in [-0.25, -0.2) is 0 Å². The van der Waals surface area contributed by atoms with Crippen LogP contribution in [-0.2, 0) is 4.74 Å². The van der Waals surface area contributed by atoms with Crippen LogP contribution >= 0.6 is 0 Å². The third-order valence-corrected chi connectivity index (χ3v) is 1.78. The van der Waals surface area contributed by atoms with Crippen molar-refractivity contribution in [2.24, 2.45) is 5.41 Å². The molecule has 12 heavy (non-hydrogen) atoms. The first-order chi connectivity index (χ1) is 5.68. The summed E-state index contributed by atoms with van der Waals surface area (Å²) in [5.41, 5.74) is -0.322. The Kier molecular flexibility index (Phi) is 5.98. The van der Waals surface area contributed by atoms with Crippen molar-refractivity contribution in [3.05, 3.63) is 12.7 Å². The van der Waals surface area contributed by atoms with E-state index >= 15 is 0 Å². The van der Waals surface area contributed by atoms with Crippen LogP contribution in [0.5, 0.6) is 0 Å². The summed E-state index contributed by atoms with van der Waals surface area (Å²) in [5.74, 6) is 0. The van der Waals surface area contributed by atoms with Crippen LogP contribution in [0.15, 0.2) is 12.7 Å². The van der Waals surface area contributed by atoms with E-state index in [-0.39, 0.29) is 18.6 Å². The highest BCUT2D eigenvalue weighted by Gasteiger charge is 2.22. The molecule has 3 heteroatoms. The predicted molar refractivity (Wildman–Crippen MR) is 47.9 cm³/mol. The number of aliphatic hydroxyl groups is 2. The van der Waals surface area contributed by atoms with E-state index in [1.165, 1.54) is 0 Å². The maximum Gasteiger partial charge on any atom is 0.0645 e. The van der Waals surface area contributed by atoms with Gasteiger partial charge in [-0.05, 0) is 6.42 Å². The Labute approximate surface area is 73.7 Å². The molecule has 0 aromatic carbocycles. The number of rotatable bonds is 7. The SMILES string of the molecule is C=CCOCC(C)(CO)CCO. The Hall–Kier alpha value is -0.380. The summed E-state index contributed by atoms with van der Waals surface area (Å²) >= 11 is 0. The molecule has 0 spiro atoms. The van der Waals surface area contributed by atoms with Crippen LogP contribution in [-0.4, -0.2) is 36.6 Å². The zero-order valence-corrected chi connectivity index (χ0v) is 7.62. The highest BCUT2D eigenvalue weighted by Crippen LogP contribution is 2.20. The molecule has 0 saturated carbocycles. The van der Waals surface area contributed by atoms with Crippen molar-refractivity contribution in [1.82, 2.24) is 0 Å². The van der Waals surface area contributed by atoms with E-state index in [4.69, 9.17) is 14.9 Å². The standard InChI is InChI=1S/C9H18O3/c1-3-6-12-8-9(2,7-11)4-5-10/h3,10-11H,1,4-8H2,2H3. The molecule has 0 bridgehead atoms. The van der Waals surface area contributed by atoms with Crippen LogP contribution < -0.4 is 0 Å². The Morgan fingerprint density at radius 3 is 2.58 bits per heavy atom. The summed E-state index contributed by atoms with van der Waals surface area (Å²) in [6.45, 7) is 6.45. The maximum absolute atomic E-state index is 9.00. The smallest absolute Gasteiger partial charge is 0.0645 e. The highest BCUT2D eigenvalue weighted by molar-refractivity contribution is 4.73. The fourth-order valence-electron chi connectivity index (χ4n) is 0.855. The summed E-state index contributed by atoms with van der Waals surface area (Å²) in [6, 6.07) is 0. The van der Waals surface area contributed by atoms with Crippen LogP contribution in [0.3, 0.4) is 0 Å². The lowest BCUT2D eigenvalue weighted by Crippen LogP contribution is -2.28. The average Bonchev–Trinajstić information content (AvgIpc) is 2.06. The molecule has 0 aromatic rings. The van der Waals surface area contributed by atoms with Gasteiger partial charge >= 0.3 is 0 Å². The van der Waals surface area contributed by atoms with Gasteiger partial charge in [0.2, 0.25) is 0 Å². The third-order valence-electron chi connectivity index (χ3n) is 1.78. The lowest BCUT2D eigenvalue weighted by molar-refractivity contribution is 0.0129. The van der Waals surface area contributed by atoms with Crippen LogP contribution in [0, 0.1) is 5.41 Å². The quantitative estimate of drug-likeness (QED) is 0.438. The molecule has 0 heterocycles. The maximum atomic E-state index is 9.00. The van der Waals surface area contributed by atoms with Gasteiger partial charge in [-0.1, -0.05) is 13.0 Å². The first-order valence-corrected chi connectivity index (χ1v) is 4.09. The fourth-order valence-corrected chi connectivity index (χ4v) is 0.855. The van der Waals surface area contributed by atoms with Crippen molar-refractivity contribution in [3.8, 4) is 0 Å². The molecule has 0 fully saturated rings. The largest absolute Gasteiger partial charge is 0.396 e. The molecule has 3 nitrogen and oxygen atoms in total. The highest BCUT2D eigenvalue weighted by atomic mass is 16.5. The van der Waals surface area contributed by atoms with Crippen molar-refractivity contribution in [3.63, 3.8) is 0 Å². The van der Waals surface area contributed by atoms with E-state index in [1.54, 1.807) is 6.08 Å². The van der Waals surface area contributed by atoms with Gasteiger partial charge < -0.3 is 14.9 Å². The molecule has 0 aliphatic rings. The first kappa shape index (κ1) is 11.6. The van der Waals surface area contributed by atoms with Crippen molar-refractivity contribution in [1.29, 1.82) is 0 Å². The van der Waals surface area contributed by atoms with E-state index in [1.807, 2.05) is 6.92 Å². The van der Waals surface area contributed by atoms with Crippen molar-refractivity contribution >= 4 is 0 Å². The second-order valence-corrected chi connectivity index (χ2v) is 3.25. The molecule has 1 unspecified atom stereocenters. The molecule has 0 aromatic heterocycles. The van der Waals surface area contributed by atoms with E-state index in [2.05, 4.69) is 6.58 Å². The Morgan fingerprint density at radius 2 is 2.17 bits per heavy atom. The zero-order valence-electron chi connectivity index (χ0n) is 7.62. The minimum Gasteiger partial charge on any atom is -0.396 e. The van der Waals surface area contributed by atoms with Gasteiger partial charge in [0.05, 0.1) is 19.8 Å². The summed E-state index contributed by atoms with van der Waals surface area (Å²) in [7, 11) is 0. The third kappa shape index (κ3) is 4.49. The molecule has 0 aliphatic carbocycles. The molecular weight excluding hydrogens is 156 g/mol. The van der Waals surface area contributed by atoms with Crippen LogP contribution in [0.1, 0.15) is 13.3 Å². The van der Waals surface area contributed by atoms with Gasteiger partial charge in [0.15, 0.2) is 0 Å². The van der Waals surface area contributed by atoms with Gasteiger partial charge in [0.1, 0.15) is 0 Å². The molecule has 0 radical (unpaired) electrons. The molecule has 2 N–H and O–H groups in total. The molecule has 0 aliphatic heterocycles. The fraction of sp³-hybridized carbons (Fsp3) is 0.778. The lowest BCUT2D eigenvalue weighted by Gasteiger charge is -2.25. The molecule has 0 amide bonds. The Balaban J connectivity index is 3.70. The second kappa shape index (κ2) is 6.17. The Bertz CT molecular complexity index is 125. The van der Waals surface area contributed by atoms with Crippen molar-refractivity contribution < 1.29 is 14.9 Å². The van der Waals surface area contributed by atoms with Gasteiger partial charge in [0, 0.05) is 12.0 Å². The van der Waals surface area contributed by atoms with Gasteiger partial charge in [0.25, 0.3) is 0 Å². The normalized spacial score (nSPS) is 15.6. The minimum absolute atomic E-state index is 0.0324. The van der Waals surface area contributed by atoms with E-state index < -0.39 is 0 Å². The van der Waals surface area contributed by atoms with E-state index in [0.29, 0.717) is 19.6 Å². The summed E-state index contributed by atoms with van der Waals surface area (Å²) < 4.78 is 5.20. The number of hydrogen-bond acceptors (Lipinski definition) is 3. The summed E-state index contributed by atoms with van der Waals surface area (Å²) in [6.07, 6.45) is 2.22. The van der Waals surface area contributed by atoms with Crippen molar-refractivity contribution in [2.45, 2.75) is 13.3 Å². The average molecular weight is 174 g/mol. The van der Waals surface area contributed by atoms with Gasteiger partial charge in [-0.15, -0.1) is 6.58 Å². The predicted octanol–water partition coefficient (Wildman–Crippen LogP) is 0.570. The molecule has 1 atom stereocenters. The van der Waals surface area contributed by atoms with Crippen molar-refractivity contribution in [2.75, 3.05) is 26.4 Å².